The number of nitrogens with zero attached hydrogens (tertiary/aromatic N) is 3. The molecule has 4 rings (SSSR count). The molecule has 0 saturated carbocycles. The maximum absolute atomic E-state index is 12.7. The fourth-order valence-electron chi connectivity index (χ4n) is 3.12. The van der Waals surface area contributed by atoms with E-state index in [0.717, 1.165) is 22.3 Å². The number of nitrogen functional groups attached to an aromatic ring is 1. The molecule has 136 valence electrons. The van der Waals surface area contributed by atoms with Gasteiger partial charge in [-0.15, -0.1) is 0 Å². The summed E-state index contributed by atoms with van der Waals surface area (Å²) in [4.78, 5) is 22.9. The van der Waals surface area contributed by atoms with Gasteiger partial charge in [0, 0.05) is 31.0 Å². The molecule has 7 nitrogen and oxygen atoms in total. The summed E-state index contributed by atoms with van der Waals surface area (Å²) in [5, 5.41) is 12.1. The SMILES string of the molecule is Nc1ccc(-c2cccnc2)nc1NC(=O)N1Cc2ccc(CO)cc2C1. The van der Waals surface area contributed by atoms with Crippen molar-refractivity contribution in [3.63, 3.8) is 0 Å². The summed E-state index contributed by atoms with van der Waals surface area (Å²) in [7, 11) is 0. The highest BCUT2D eigenvalue weighted by molar-refractivity contribution is 5.92. The number of benzene rings is 1. The summed E-state index contributed by atoms with van der Waals surface area (Å²) in [5.41, 5.74) is 10.9. The van der Waals surface area contributed by atoms with Gasteiger partial charge in [-0.1, -0.05) is 18.2 Å². The van der Waals surface area contributed by atoms with Crippen LogP contribution in [0.5, 0.6) is 0 Å². The van der Waals surface area contributed by atoms with Crippen LogP contribution in [0.25, 0.3) is 11.3 Å². The first-order valence-corrected chi connectivity index (χ1v) is 8.58. The minimum absolute atomic E-state index is 0.0128. The Hall–Kier alpha value is -3.45. The van der Waals surface area contributed by atoms with E-state index in [2.05, 4.69) is 15.3 Å². The highest BCUT2D eigenvalue weighted by Gasteiger charge is 2.24. The summed E-state index contributed by atoms with van der Waals surface area (Å²) >= 11 is 0. The molecule has 0 bridgehead atoms. The van der Waals surface area contributed by atoms with Gasteiger partial charge in [-0.05, 0) is 41.0 Å². The Bertz CT molecular complexity index is 991. The normalized spacial score (nSPS) is 12.7. The largest absolute Gasteiger partial charge is 0.396 e. The number of aliphatic hydroxyl groups is 1. The number of nitrogens with one attached hydrogen (secondary N) is 1. The topological polar surface area (TPSA) is 104 Å². The third-order valence-electron chi connectivity index (χ3n) is 4.57. The van der Waals surface area contributed by atoms with Crippen molar-refractivity contribution in [2.24, 2.45) is 0 Å². The summed E-state index contributed by atoms with van der Waals surface area (Å²) in [6.07, 6.45) is 3.40. The van der Waals surface area contributed by atoms with E-state index in [0.29, 0.717) is 30.3 Å². The second-order valence-electron chi connectivity index (χ2n) is 6.42. The molecule has 0 fully saturated rings. The molecule has 27 heavy (non-hydrogen) atoms. The van der Waals surface area contributed by atoms with Crippen molar-refractivity contribution in [2.75, 3.05) is 11.1 Å². The Balaban J connectivity index is 1.52. The number of aromatic nitrogens is 2. The quantitative estimate of drug-likeness (QED) is 0.665. The van der Waals surface area contributed by atoms with Gasteiger partial charge in [-0.25, -0.2) is 9.78 Å². The molecule has 2 amide bonds. The van der Waals surface area contributed by atoms with Gasteiger partial charge in [0.05, 0.1) is 18.0 Å². The molecule has 4 N–H and O–H groups in total. The number of hydrogen-bond donors (Lipinski definition) is 3. The second kappa shape index (κ2) is 7.05. The molecule has 0 aliphatic carbocycles. The van der Waals surface area contributed by atoms with Gasteiger partial charge in [0.25, 0.3) is 0 Å². The fraction of sp³-hybridized carbons (Fsp3) is 0.150. The summed E-state index contributed by atoms with van der Waals surface area (Å²) in [5.74, 6) is 0.327. The van der Waals surface area contributed by atoms with Crippen molar-refractivity contribution in [3.8, 4) is 11.3 Å². The molecule has 0 saturated heterocycles. The number of pyridine rings is 2. The van der Waals surface area contributed by atoms with E-state index in [-0.39, 0.29) is 12.6 Å². The van der Waals surface area contributed by atoms with Gasteiger partial charge in [0.1, 0.15) is 0 Å². The summed E-state index contributed by atoms with van der Waals surface area (Å²) in [6, 6.07) is 12.7. The minimum atomic E-state index is -0.265. The van der Waals surface area contributed by atoms with Crippen LogP contribution in [0.2, 0.25) is 0 Å². The van der Waals surface area contributed by atoms with E-state index >= 15 is 0 Å². The molecule has 1 aliphatic rings. The van der Waals surface area contributed by atoms with Crippen LogP contribution in [0.3, 0.4) is 0 Å². The number of anilines is 2. The van der Waals surface area contributed by atoms with Gasteiger partial charge in [-0.2, -0.15) is 0 Å². The molecule has 3 heterocycles. The molecule has 3 aromatic rings. The van der Waals surface area contributed by atoms with Gasteiger partial charge < -0.3 is 15.7 Å². The zero-order valence-corrected chi connectivity index (χ0v) is 14.6. The Labute approximate surface area is 156 Å². The first-order valence-electron chi connectivity index (χ1n) is 8.58. The van der Waals surface area contributed by atoms with Crippen molar-refractivity contribution in [2.45, 2.75) is 19.7 Å². The van der Waals surface area contributed by atoms with E-state index in [9.17, 15) is 9.90 Å². The van der Waals surface area contributed by atoms with Crippen molar-refractivity contribution in [3.05, 3.63) is 71.5 Å². The minimum Gasteiger partial charge on any atom is -0.396 e. The van der Waals surface area contributed by atoms with Crippen LogP contribution in [-0.4, -0.2) is 26.0 Å². The number of carbonyl (C=O) groups excluding carboxylic acids is 1. The lowest BCUT2D eigenvalue weighted by Crippen LogP contribution is -2.30. The molecule has 1 aliphatic heterocycles. The molecule has 7 heteroatoms. The van der Waals surface area contributed by atoms with Crippen LogP contribution in [-0.2, 0) is 19.7 Å². The number of hydrogen-bond acceptors (Lipinski definition) is 5. The highest BCUT2D eigenvalue weighted by atomic mass is 16.3. The second-order valence-corrected chi connectivity index (χ2v) is 6.42. The van der Waals surface area contributed by atoms with Crippen LogP contribution in [0.4, 0.5) is 16.3 Å². The van der Waals surface area contributed by atoms with Gasteiger partial charge in [0.2, 0.25) is 0 Å². The maximum atomic E-state index is 12.7. The van der Waals surface area contributed by atoms with Gasteiger partial charge >= 0.3 is 6.03 Å². The molecule has 1 aromatic carbocycles. The summed E-state index contributed by atoms with van der Waals surface area (Å²) < 4.78 is 0. The number of carbonyl (C=O) groups is 1. The molecule has 2 aromatic heterocycles. The van der Waals surface area contributed by atoms with E-state index in [4.69, 9.17) is 5.73 Å². The number of urea groups is 1. The van der Waals surface area contributed by atoms with E-state index < -0.39 is 0 Å². The number of nitrogens with two attached hydrogens (primary N) is 1. The van der Waals surface area contributed by atoms with Crippen LogP contribution >= 0.6 is 0 Å². The average Bonchev–Trinajstić information content (AvgIpc) is 3.13. The number of fused-ring (bicyclic) bond motifs is 1. The fourth-order valence-corrected chi connectivity index (χ4v) is 3.12. The lowest BCUT2D eigenvalue weighted by Gasteiger charge is -2.17. The molecule has 0 atom stereocenters. The number of rotatable bonds is 3. The average molecular weight is 361 g/mol. The monoisotopic (exact) mass is 361 g/mol. The van der Waals surface area contributed by atoms with E-state index in [1.165, 1.54) is 0 Å². The Kier molecular flexibility index (Phi) is 4.43. The van der Waals surface area contributed by atoms with Crippen LogP contribution in [0.15, 0.2) is 54.9 Å². The number of amides is 2. The Morgan fingerprint density at radius 3 is 2.81 bits per heavy atom. The predicted molar refractivity (Wildman–Crippen MR) is 103 cm³/mol. The maximum Gasteiger partial charge on any atom is 0.323 e. The Morgan fingerprint density at radius 1 is 1.19 bits per heavy atom. The van der Waals surface area contributed by atoms with Gasteiger partial charge in [0.15, 0.2) is 5.82 Å². The zero-order valence-electron chi connectivity index (χ0n) is 14.6. The third-order valence-corrected chi connectivity index (χ3v) is 4.57. The first-order chi connectivity index (χ1) is 13.1. The zero-order chi connectivity index (χ0) is 18.8. The van der Waals surface area contributed by atoms with Crippen LogP contribution < -0.4 is 11.1 Å². The van der Waals surface area contributed by atoms with E-state index in [1.54, 1.807) is 29.4 Å². The van der Waals surface area contributed by atoms with Crippen molar-refractivity contribution < 1.29 is 9.90 Å². The van der Waals surface area contributed by atoms with E-state index in [1.807, 2.05) is 30.3 Å². The Morgan fingerprint density at radius 2 is 2.04 bits per heavy atom. The summed E-state index contributed by atoms with van der Waals surface area (Å²) in [6.45, 7) is 0.980. The third kappa shape index (κ3) is 3.45. The van der Waals surface area contributed by atoms with Crippen LogP contribution in [0, 0.1) is 0 Å². The van der Waals surface area contributed by atoms with Crippen molar-refractivity contribution in [1.29, 1.82) is 0 Å². The van der Waals surface area contributed by atoms with Crippen molar-refractivity contribution >= 4 is 17.5 Å². The number of aliphatic hydroxyl groups excluding tert-OH is 1. The van der Waals surface area contributed by atoms with Gasteiger partial charge in [-0.3, -0.25) is 10.3 Å². The molecule has 0 unspecified atom stereocenters. The van der Waals surface area contributed by atoms with Crippen LogP contribution in [0.1, 0.15) is 16.7 Å². The lowest BCUT2D eigenvalue weighted by molar-refractivity contribution is 0.212. The highest BCUT2D eigenvalue weighted by Crippen LogP contribution is 2.26. The molecular weight excluding hydrogens is 342 g/mol. The molecule has 0 radical (unpaired) electrons. The first kappa shape index (κ1) is 17.0. The van der Waals surface area contributed by atoms with Crippen molar-refractivity contribution in [1.82, 2.24) is 14.9 Å². The smallest absolute Gasteiger partial charge is 0.323 e. The predicted octanol–water partition coefficient (Wildman–Crippen LogP) is 2.77. The molecular formula is C20H19N5O2. The molecule has 0 spiro atoms. The standard InChI is InChI=1S/C20H19N5O2/c21-17-5-6-18(14-2-1-7-22-9-14)23-19(17)24-20(27)25-10-15-4-3-13(12-26)8-16(15)11-25/h1-9,26H,10-12,21H2,(H,23,24,27). The lowest BCUT2D eigenvalue weighted by atomic mass is 10.1.